The van der Waals surface area contributed by atoms with Crippen LogP contribution in [0.25, 0.3) is 27.5 Å². The highest BCUT2D eigenvalue weighted by Gasteiger charge is 2.49. The van der Waals surface area contributed by atoms with Crippen LogP contribution in [-0.2, 0) is 0 Å². The molecule has 0 radical (unpaired) electrons. The minimum absolute atomic E-state index is 0.199. The van der Waals surface area contributed by atoms with Gasteiger partial charge in [0.05, 0.1) is 16.7 Å². The summed E-state index contributed by atoms with van der Waals surface area (Å²) in [5.41, 5.74) is 14.2. The van der Waals surface area contributed by atoms with Crippen LogP contribution in [0.1, 0.15) is 0 Å². The molecule has 16 rings (SSSR count). The number of benzene rings is 13. The van der Waals surface area contributed by atoms with Crippen LogP contribution in [-0.4, -0.2) is 27.4 Å². The summed E-state index contributed by atoms with van der Waals surface area (Å²) >= 11 is 0. The molecule has 2 aliphatic rings. The Kier molecular flexibility index (Phi) is 12.0. The molecule has 2 aliphatic heterocycles. The lowest BCUT2D eigenvalue weighted by atomic mass is 9.33. The molecule has 13 aromatic carbocycles. The monoisotopic (exact) mass is 1100 g/mol. The molecular formula is C78H56BN3Si2. The Morgan fingerprint density at radius 2 is 0.512 bits per heavy atom. The average molecular weight is 1100 g/mol. The van der Waals surface area contributed by atoms with Gasteiger partial charge in [0.25, 0.3) is 6.71 Å². The van der Waals surface area contributed by atoms with Crippen molar-refractivity contribution in [2.24, 2.45) is 0 Å². The van der Waals surface area contributed by atoms with Crippen LogP contribution in [0.4, 0.5) is 34.1 Å². The van der Waals surface area contributed by atoms with Crippen molar-refractivity contribution in [1.29, 1.82) is 0 Å². The molecule has 3 nitrogen and oxygen atoms in total. The average Bonchev–Trinajstić information content (AvgIpc) is 1.56. The van der Waals surface area contributed by atoms with E-state index in [9.17, 15) is 0 Å². The van der Waals surface area contributed by atoms with Crippen molar-refractivity contribution >= 4 is 137 Å². The lowest BCUT2D eigenvalue weighted by Gasteiger charge is -2.45. The van der Waals surface area contributed by atoms with Gasteiger partial charge >= 0.3 is 0 Å². The summed E-state index contributed by atoms with van der Waals surface area (Å²) < 4.78 is 2.50. The van der Waals surface area contributed by atoms with Crippen LogP contribution < -0.4 is 67.7 Å². The van der Waals surface area contributed by atoms with Crippen molar-refractivity contribution in [3.05, 3.63) is 340 Å². The van der Waals surface area contributed by atoms with Gasteiger partial charge in [0, 0.05) is 44.9 Å². The third-order valence-corrected chi connectivity index (χ3v) is 27.6. The second kappa shape index (κ2) is 20.3. The summed E-state index contributed by atoms with van der Waals surface area (Å²) in [5.74, 6) is 0. The van der Waals surface area contributed by atoms with E-state index < -0.39 is 16.1 Å². The molecule has 0 saturated carbocycles. The van der Waals surface area contributed by atoms with Gasteiger partial charge in [-0.15, -0.1) is 0 Å². The van der Waals surface area contributed by atoms with E-state index in [0.717, 1.165) is 28.4 Å². The van der Waals surface area contributed by atoms with Crippen molar-refractivity contribution in [2.75, 3.05) is 9.80 Å². The molecule has 0 fully saturated rings. The standard InChI is InChI=1S/C78H56BN3Si2/c1-9-29-57(30-10-1)80-74-51-49-66(83(60-33-13-3-14-34-60,61-35-15-4-16-36-61)62-37-17-5-18-38-62)55-70(74)79-71-56-67(84(63-39-19-6-20-40-63,64-41-21-7-22-42-64)65-43-23-8-24-44-65)50-52-75(71)81(58-31-11-2-12-32-58)77-54-59(53-76(80)78(77)79)82-72-47-27-25-45-68(72)69-46-26-28-48-73(69)82/h1-56H. The molecule has 0 spiro atoms. The fourth-order valence-corrected chi connectivity index (χ4v) is 24.2. The van der Waals surface area contributed by atoms with E-state index >= 15 is 0 Å². The third-order valence-electron chi connectivity index (χ3n) is 18.0. The number of fused-ring (bicyclic) bond motifs is 7. The van der Waals surface area contributed by atoms with Crippen molar-refractivity contribution in [1.82, 2.24) is 4.57 Å². The molecule has 14 aromatic rings. The number of hydrogen-bond acceptors (Lipinski definition) is 2. The summed E-state index contributed by atoms with van der Waals surface area (Å²) in [4.78, 5) is 5.16. The van der Waals surface area contributed by atoms with Crippen LogP contribution in [0.15, 0.2) is 340 Å². The zero-order chi connectivity index (χ0) is 55.6. The molecule has 3 heterocycles. The number of para-hydroxylation sites is 4. The summed E-state index contributed by atoms with van der Waals surface area (Å²) in [6, 6.07) is 129. The van der Waals surface area contributed by atoms with Gasteiger partial charge in [-0.05, 0) is 119 Å². The smallest absolute Gasteiger partial charge is 0.252 e. The van der Waals surface area contributed by atoms with E-state index in [1.165, 1.54) is 91.1 Å². The van der Waals surface area contributed by atoms with Crippen molar-refractivity contribution in [3.8, 4) is 5.69 Å². The first-order chi connectivity index (χ1) is 41.7. The number of hydrogen-bond donors (Lipinski definition) is 0. The van der Waals surface area contributed by atoms with Crippen molar-refractivity contribution < 1.29 is 0 Å². The van der Waals surface area contributed by atoms with Gasteiger partial charge in [-0.2, -0.15) is 0 Å². The SMILES string of the molecule is c1ccc(N2c3ccc([Si](c4ccccc4)(c4ccccc4)c4ccccc4)cc3B3c4cc([Si](c5ccccc5)(c5ccccc5)c5ccccc5)ccc4N(c4ccccc4)c4cc(-n5c6ccccc6c6ccccc65)cc2c43)cc1. The number of nitrogens with zero attached hydrogens (tertiary/aromatic N) is 3. The van der Waals surface area contributed by atoms with E-state index in [1.54, 1.807) is 0 Å². The molecule has 1 aromatic heterocycles. The molecule has 0 N–H and O–H groups in total. The number of anilines is 6. The quantitative estimate of drug-likeness (QED) is 0.0945. The number of rotatable bonds is 11. The summed E-state index contributed by atoms with van der Waals surface area (Å²) in [7, 11) is -6.09. The lowest BCUT2D eigenvalue weighted by molar-refractivity contribution is 1.16. The maximum Gasteiger partial charge on any atom is 0.252 e. The van der Waals surface area contributed by atoms with E-state index in [-0.39, 0.29) is 6.71 Å². The molecular weight excluding hydrogens is 1050 g/mol. The molecule has 0 aliphatic carbocycles. The van der Waals surface area contributed by atoms with Crippen LogP contribution in [0.3, 0.4) is 0 Å². The van der Waals surface area contributed by atoms with Gasteiger partial charge in [-0.1, -0.05) is 279 Å². The van der Waals surface area contributed by atoms with Gasteiger partial charge in [-0.3, -0.25) is 0 Å². The fraction of sp³-hybridized carbons (Fsp3) is 0. The Bertz CT molecular complexity index is 4230. The van der Waals surface area contributed by atoms with Crippen molar-refractivity contribution in [3.63, 3.8) is 0 Å². The largest absolute Gasteiger partial charge is 0.311 e. The Hall–Kier alpha value is -10.2. The molecule has 0 saturated heterocycles. The highest BCUT2D eigenvalue weighted by molar-refractivity contribution is 7.21. The lowest BCUT2D eigenvalue weighted by Crippen LogP contribution is -2.76. The van der Waals surface area contributed by atoms with Crippen LogP contribution in [0.5, 0.6) is 0 Å². The third kappa shape index (κ3) is 7.58. The maximum atomic E-state index is 2.66. The molecule has 0 bridgehead atoms. The predicted octanol–water partition coefficient (Wildman–Crippen LogP) is 11.6. The van der Waals surface area contributed by atoms with E-state index in [1.807, 2.05) is 0 Å². The predicted molar refractivity (Wildman–Crippen MR) is 362 cm³/mol. The molecule has 394 valence electrons. The fourth-order valence-electron chi connectivity index (χ4n) is 14.6. The Balaban J connectivity index is 1.07. The van der Waals surface area contributed by atoms with E-state index in [4.69, 9.17) is 0 Å². The van der Waals surface area contributed by atoms with Gasteiger partial charge < -0.3 is 14.4 Å². The zero-order valence-corrected chi connectivity index (χ0v) is 48.3. The second-order valence-electron chi connectivity index (χ2n) is 22.3. The Morgan fingerprint density at radius 3 is 0.833 bits per heavy atom. The van der Waals surface area contributed by atoms with Gasteiger partial charge in [-0.25, -0.2) is 0 Å². The highest BCUT2D eigenvalue weighted by atomic mass is 28.3. The van der Waals surface area contributed by atoms with E-state index in [2.05, 4.69) is 354 Å². The molecule has 6 heteroatoms. The molecule has 0 atom stereocenters. The normalized spacial score (nSPS) is 12.7. The first-order valence-corrected chi connectivity index (χ1v) is 33.2. The summed E-state index contributed by atoms with van der Waals surface area (Å²) in [6.45, 7) is -0.199. The molecule has 84 heavy (non-hydrogen) atoms. The molecule has 0 unspecified atom stereocenters. The minimum atomic E-state index is -3.04. The van der Waals surface area contributed by atoms with Crippen LogP contribution in [0, 0.1) is 0 Å². The summed E-state index contributed by atoms with van der Waals surface area (Å²) in [6.07, 6.45) is 0. The Labute approximate surface area is 493 Å². The first kappa shape index (κ1) is 49.6. The minimum Gasteiger partial charge on any atom is -0.311 e. The first-order valence-electron chi connectivity index (χ1n) is 29.2. The second-order valence-corrected chi connectivity index (χ2v) is 29.9. The van der Waals surface area contributed by atoms with Gasteiger partial charge in [0.2, 0.25) is 0 Å². The topological polar surface area (TPSA) is 11.4 Å². The molecule has 0 amide bonds. The zero-order valence-electron chi connectivity index (χ0n) is 46.3. The summed E-state index contributed by atoms with van der Waals surface area (Å²) in [5, 5.41) is 13.2. The van der Waals surface area contributed by atoms with Gasteiger partial charge in [0.1, 0.15) is 0 Å². The number of aromatic nitrogens is 1. The Morgan fingerprint density at radius 1 is 0.226 bits per heavy atom. The van der Waals surface area contributed by atoms with Crippen LogP contribution >= 0.6 is 0 Å². The maximum absolute atomic E-state index is 3.04. The highest BCUT2D eigenvalue weighted by Crippen LogP contribution is 2.46. The van der Waals surface area contributed by atoms with Gasteiger partial charge in [0.15, 0.2) is 16.1 Å². The van der Waals surface area contributed by atoms with Crippen molar-refractivity contribution in [2.45, 2.75) is 0 Å². The van der Waals surface area contributed by atoms with Crippen LogP contribution in [0.2, 0.25) is 0 Å². The van der Waals surface area contributed by atoms with E-state index in [0.29, 0.717) is 0 Å².